The van der Waals surface area contributed by atoms with Gasteiger partial charge in [-0.2, -0.15) is 0 Å². The molecule has 0 spiro atoms. The molecule has 4 heterocycles. The predicted molar refractivity (Wildman–Crippen MR) is 122 cm³/mol. The fourth-order valence-corrected chi connectivity index (χ4v) is 5.40. The van der Waals surface area contributed by atoms with Crippen LogP contribution in [0.4, 0.5) is 5.69 Å². The van der Waals surface area contributed by atoms with Crippen molar-refractivity contribution in [2.24, 2.45) is 0 Å². The van der Waals surface area contributed by atoms with E-state index in [0.29, 0.717) is 39.5 Å². The van der Waals surface area contributed by atoms with Crippen LogP contribution < -0.4 is 10.9 Å². The number of aromatic nitrogens is 4. The Balaban J connectivity index is 1.43. The van der Waals surface area contributed by atoms with Crippen LogP contribution in [0.5, 0.6) is 0 Å². The van der Waals surface area contributed by atoms with Crippen molar-refractivity contribution in [2.75, 3.05) is 17.7 Å². The Morgan fingerprint density at radius 1 is 1.35 bits per heavy atom. The van der Waals surface area contributed by atoms with Crippen LogP contribution in [0.1, 0.15) is 12.8 Å². The summed E-state index contributed by atoms with van der Waals surface area (Å²) in [4.78, 5) is 25.5. The monoisotopic (exact) mass is 475 g/mol. The maximum atomic E-state index is 13.1. The third-order valence-electron chi connectivity index (χ3n) is 5.03. The lowest BCUT2D eigenvalue weighted by molar-refractivity contribution is -0.113. The first-order valence-electron chi connectivity index (χ1n) is 9.75. The Hall–Kier alpha value is -2.40. The molecule has 1 amide bonds. The Bertz CT molecular complexity index is 1330. The van der Waals surface area contributed by atoms with Gasteiger partial charge in [-0.3, -0.25) is 18.6 Å². The number of benzene rings is 1. The zero-order valence-corrected chi connectivity index (χ0v) is 18.7. The average Bonchev–Trinajstić information content (AvgIpc) is 3.50. The van der Waals surface area contributed by atoms with Gasteiger partial charge in [-0.1, -0.05) is 29.4 Å². The summed E-state index contributed by atoms with van der Waals surface area (Å²) in [7, 11) is 0. The Morgan fingerprint density at radius 2 is 2.26 bits per heavy atom. The fraction of sp³-hybridized carbons (Fsp3) is 0.300. The van der Waals surface area contributed by atoms with E-state index in [2.05, 4.69) is 15.5 Å². The SMILES string of the molecule is O=C(CSc1nnc2n(C[C@@H]3CCCO3)c(=O)c3sccc3n12)Nc1cccc(Cl)c1. The molecule has 1 atom stereocenters. The molecule has 3 aromatic heterocycles. The highest BCUT2D eigenvalue weighted by Gasteiger charge is 2.22. The van der Waals surface area contributed by atoms with Gasteiger partial charge in [0, 0.05) is 17.3 Å². The number of hydrogen-bond donors (Lipinski definition) is 1. The fourth-order valence-electron chi connectivity index (χ4n) is 3.64. The van der Waals surface area contributed by atoms with E-state index >= 15 is 0 Å². The number of halogens is 1. The molecular formula is C20H18ClN5O3S2. The summed E-state index contributed by atoms with van der Waals surface area (Å²) >= 11 is 8.63. The molecule has 160 valence electrons. The van der Waals surface area contributed by atoms with Crippen LogP contribution in [0.25, 0.3) is 16.0 Å². The van der Waals surface area contributed by atoms with Gasteiger partial charge in [-0.25, -0.2) is 0 Å². The Labute approximate surface area is 190 Å². The van der Waals surface area contributed by atoms with Crippen molar-refractivity contribution in [3.05, 3.63) is 51.1 Å². The molecule has 1 saturated heterocycles. The number of fused-ring (bicyclic) bond motifs is 3. The van der Waals surface area contributed by atoms with Crippen molar-refractivity contribution >= 4 is 62.3 Å². The van der Waals surface area contributed by atoms with Gasteiger partial charge in [0.25, 0.3) is 5.56 Å². The van der Waals surface area contributed by atoms with Crippen molar-refractivity contribution in [1.82, 2.24) is 19.2 Å². The molecule has 0 radical (unpaired) electrons. The molecule has 8 nitrogen and oxygen atoms in total. The zero-order chi connectivity index (χ0) is 21.4. The van der Waals surface area contributed by atoms with Gasteiger partial charge >= 0.3 is 0 Å². The summed E-state index contributed by atoms with van der Waals surface area (Å²) in [6.07, 6.45) is 1.91. The van der Waals surface area contributed by atoms with Crippen LogP contribution in [0.15, 0.2) is 45.7 Å². The highest BCUT2D eigenvalue weighted by molar-refractivity contribution is 7.99. The first kappa shape index (κ1) is 20.5. The second-order valence-corrected chi connectivity index (χ2v) is 9.45. The normalized spacial score (nSPS) is 16.4. The summed E-state index contributed by atoms with van der Waals surface area (Å²) < 4.78 is 9.84. The van der Waals surface area contributed by atoms with Crippen LogP contribution in [0, 0.1) is 0 Å². The molecule has 5 rings (SSSR count). The minimum absolute atomic E-state index is 0.00445. The number of carbonyl (C=O) groups excluding carboxylic acids is 1. The number of rotatable bonds is 6. The summed E-state index contributed by atoms with van der Waals surface area (Å²) in [5.41, 5.74) is 1.29. The molecule has 4 aromatic rings. The van der Waals surface area contributed by atoms with Gasteiger partial charge < -0.3 is 10.1 Å². The van der Waals surface area contributed by atoms with Crippen molar-refractivity contribution in [3.8, 4) is 0 Å². The van der Waals surface area contributed by atoms with Crippen LogP contribution in [0.2, 0.25) is 5.02 Å². The second-order valence-electron chi connectivity index (χ2n) is 7.15. The smallest absolute Gasteiger partial charge is 0.272 e. The number of thioether (sulfide) groups is 1. The lowest BCUT2D eigenvalue weighted by Gasteiger charge is -2.13. The van der Waals surface area contributed by atoms with Crippen molar-refractivity contribution in [1.29, 1.82) is 0 Å². The summed E-state index contributed by atoms with van der Waals surface area (Å²) in [5, 5.41) is 14.4. The van der Waals surface area contributed by atoms with E-state index in [9.17, 15) is 9.59 Å². The lowest BCUT2D eigenvalue weighted by Crippen LogP contribution is -2.28. The van der Waals surface area contributed by atoms with Crippen LogP contribution in [-0.2, 0) is 16.1 Å². The van der Waals surface area contributed by atoms with Crippen molar-refractivity contribution in [2.45, 2.75) is 30.6 Å². The van der Waals surface area contributed by atoms with E-state index in [0.717, 1.165) is 18.4 Å². The molecule has 1 fully saturated rings. The minimum Gasteiger partial charge on any atom is -0.376 e. The number of nitrogens with one attached hydrogen (secondary N) is 1. The summed E-state index contributed by atoms with van der Waals surface area (Å²) in [5.74, 6) is 0.423. The number of carbonyl (C=O) groups is 1. The topological polar surface area (TPSA) is 90.5 Å². The molecule has 1 aliphatic heterocycles. The van der Waals surface area contributed by atoms with Gasteiger partial charge in [0.05, 0.1) is 23.9 Å². The van der Waals surface area contributed by atoms with Gasteiger partial charge in [0.1, 0.15) is 4.70 Å². The number of thiophene rings is 1. The van der Waals surface area contributed by atoms with E-state index in [-0.39, 0.29) is 23.3 Å². The molecule has 0 saturated carbocycles. The predicted octanol–water partition coefficient (Wildman–Crippen LogP) is 3.67. The molecule has 11 heteroatoms. The Morgan fingerprint density at radius 3 is 3.06 bits per heavy atom. The van der Waals surface area contributed by atoms with Crippen molar-refractivity contribution in [3.63, 3.8) is 0 Å². The highest BCUT2D eigenvalue weighted by atomic mass is 35.5. The van der Waals surface area contributed by atoms with Gasteiger partial charge in [-0.15, -0.1) is 21.5 Å². The first-order valence-corrected chi connectivity index (χ1v) is 12.0. The standard InChI is InChI=1S/C20H18ClN5O3S2/c21-12-3-1-4-13(9-12)22-16(27)11-31-20-24-23-19-25(10-14-5-2-7-29-14)18(28)17-15(26(19)20)6-8-30-17/h1,3-4,6,8-9,14H,2,5,7,10-11H2,(H,22,27)/t14-/m0/s1. The van der Waals surface area contributed by atoms with Crippen LogP contribution in [0.3, 0.4) is 0 Å². The first-order chi connectivity index (χ1) is 15.1. The lowest BCUT2D eigenvalue weighted by atomic mass is 10.2. The van der Waals surface area contributed by atoms with Crippen molar-refractivity contribution < 1.29 is 9.53 Å². The number of nitrogens with zero attached hydrogens (tertiary/aromatic N) is 4. The molecule has 31 heavy (non-hydrogen) atoms. The van der Waals surface area contributed by atoms with E-state index in [1.807, 2.05) is 15.8 Å². The zero-order valence-electron chi connectivity index (χ0n) is 16.3. The molecule has 1 N–H and O–H groups in total. The maximum Gasteiger partial charge on any atom is 0.272 e. The van der Waals surface area contributed by atoms with E-state index in [1.165, 1.54) is 23.1 Å². The molecule has 0 bridgehead atoms. The quantitative estimate of drug-likeness (QED) is 0.428. The molecule has 1 aromatic carbocycles. The largest absolute Gasteiger partial charge is 0.376 e. The molecule has 1 aliphatic rings. The Kier molecular flexibility index (Phi) is 5.70. The molecule has 0 aliphatic carbocycles. The van der Waals surface area contributed by atoms with Gasteiger partial charge in [0.2, 0.25) is 11.7 Å². The summed E-state index contributed by atoms with van der Waals surface area (Å²) in [6, 6.07) is 8.87. The molecule has 0 unspecified atom stereocenters. The number of ether oxygens (including phenoxy) is 1. The number of hydrogen-bond acceptors (Lipinski definition) is 7. The van der Waals surface area contributed by atoms with E-state index in [4.69, 9.17) is 16.3 Å². The third kappa shape index (κ3) is 4.08. The maximum absolute atomic E-state index is 13.1. The third-order valence-corrected chi connectivity index (χ3v) is 7.09. The van der Waals surface area contributed by atoms with E-state index < -0.39 is 0 Å². The van der Waals surface area contributed by atoms with E-state index in [1.54, 1.807) is 28.8 Å². The second kappa shape index (κ2) is 8.62. The summed E-state index contributed by atoms with van der Waals surface area (Å²) in [6.45, 7) is 1.15. The number of anilines is 1. The van der Waals surface area contributed by atoms with Crippen LogP contribution in [-0.4, -0.2) is 43.5 Å². The van der Waals surface area contributed by atoms with Crippen LogP contribution >= 0.6 is 34.7 Å². The highest BCUT2D eigenvalue weighted by Crippen LogP contribution is 2.25. The minimum atomic E-state index is -0.182. The molecular weight excluding hydrogens is 458 g/mol. The average molecular weight is 476 g/mol. The van der Waals surface area contributed by atoms with Gasteiger partial charge in [-0.05, 0) is 42.5 Å². The number of amides is 1. The van der Waals surface area contributed by atoms with Gasteiger partial charge in [0.15, 0.2) is 5.16 Å².